The Morgan fingerprint density at radius 2 is 2.38 bits per heavy atom. The Hall–Kier alpha value is -1.69. The SMILES string of the molecule is CCC1(c2cnn(C)c2CC(=NC)NO)CC1CC(C)=O. The summed E-state index contributed by atoms with van der Waals surface area (Å²) in [5, 5.41) is 13.5. The van der Waals surface area contributed by atoms with Gasteiger partial charge in [-0.2, -0.15) is 5.10 Å². The van der Waals surface area contributed by atoms with Crippen molar-refractivity contribution in [1.29, 1.82) is 0 Å². The van der Waals surface area contributed by atoms with E-state index >= 15 is 0 Å². The molecule has 0 aliphatic heterocycles. The maximum atomic E-state index is 11.4. The number of amidine groups is 1. The largest absolute Gasteiger partial charge is 0.300 e. The second-order valence-electron chi connectivity index (χ2n) is 5.90. The molecule has 1 aliphatic carbocycles. The van der Waals surface area contributed by atoms with Crippen LogP contribution in [-0.4, -0.2) is 33.7 Å². The number of carbonyl (C=O) groups is 1. The third kappa shape index (κ3) is 2.85. The first kappa shape index (κ1) is 15.7. The number of aliphatic imine (C=N–C) groups is 1. The highest BCUT2D eigenvalue weighted by Gasteiger charge is 2.55. The summed E-state index contributed by atoms with van der Waals surface area (Å²) in [4.78, 5) is 15.4. The fourth-order valence-corrected chi connectivity index (χ4v) is 3.36. The number of carbonyl (C=O) groups excluding carboxylic acids is 1. The minimum Gasteiger partial charge on any atom is -0.300 e. The summed E-state index contributed by atoms with van der Waals surface area (Å²) in [6, 6.07) is 0. The van der Waals surface area contributed by atoms with Crippen molar-refractivity contribution >= 4 is 11.6 Å². The molecule has 1 aromatic heterocycles. The van der Waals surface area contributed by atoms with Gasteiger partial charge in [0.05, 0.1) is 6.20 Å². The third-order valence-corrected chi connectivity index (χ3v) is 4.73. The average Bonchev–Trinajstić information content (AvgIpc) is 3.02. The molecule has 1 saturated carbocycles. The van der Waals surface area contributed by atoms with E-state index in [0.29, 0.717) is 24.6 Å². The van der Waals surface area contributed by atoms with Gasteiger partial charge < -0.3 is 4.79 Å². The number of Topliss-reactive ketones (excluding diaryl/α,β-unsaturated/α-hetero) is 1. The number of nitrogens with zero attached hydrogens (tertiary/aromatic N) is 3. The minimum atomic E-state index is 0.0591. The lowest BCUT2D eigenvalue weighted by Gasteiger charge is -2.17. The molecule has 21 heavy (non-hydrogen) atoms. The van der Waals surface area contributed by atoms with E-state index < -0.39 is 0 Å². The van der Waals surface area contributed by atoms with Crippen LogP contribution in [0, 0.1) is 5.92 Å². The van der Waals surface area contributed by atoms with Gasteiger partial charge in [-0.3, -0.25) is 20.4 Å². The zero-order valence-corrected chi connectivity index (χ0v) is 13.2. The van der Waals surface area contributed by atoms with Crippen LogP contribution in [0.2, 0.25) is 0 Å². The Labute approximate surface area is 125 Å². The Morgan fingerprint density at radius 1 is 1.67 bits per heavy atom. The zero-order valence-electron chi connectivity index (χ0n) is 13.2. The van der Waals surface area contributed by atoms with E-state index in [1.165, 1.54) is 5.56 Å². The fourth-order valence-electron chi connectivity index (χ4n) is 3.36. The van der Waals surface area contributed by atoms with Crippen LogP contribution in [0.25, 0.3) is 0 Å². The first-order valence-electron chi connectivity index (χ1n) is 7.35. The number of ketones is 1. The van der Waals surface area contributed by atoms with Crippen molar-refractivity contribution in [3.8, 4) is 0 Å². The number of hydrogen-bond acceptors (Lipinski definition) is 4. The van der Waals surface area contributed by atoms with Gasteiger partial charge in [0.25, 0.3) is 0 Å². The van der Waals surface area contributed by atoms with E-state index in [9.17, 15) is 4.79 Å². The van der Waals surface area contributed by atoms with Gasteiger partial charge in [0.1, 0.15) is 11.6 Å². The van der Waals surface area contributed by atoms with Crippen LogP contribution in [0.15, 0.2) is 11.2 Å². The molecular formula is C15H24N4O2. The Morgan fingerprint density at radius 3 is 2.90 bits per heavy atom. The molecule has 1 heterocycles. The van der Waals surface area contributed by atoms with Crippen molar-refractivity contribution in [2.24, 2.45) is 18.0 Å². The van der Waals surface area contributed by atoms with E-state index in [-0.39, 0.29) is 11.2 Å². The van der Waals surface area contributed by atoms with Crippen LogP contribution in [0.3, 0.4) is 0 Å². The highest BCUT2D eigenvalue weighted by molar-refractivity contribution is 5.83. The normalized spacial score (nSPS) is 25.0. The highest BCUT2D eigenvalue weighted by Crippen LogP contribution is 2.59. The number of hydroxylamine groups is 1. The predicted octanol–water partition coefficient (Wildman–Crippen LogP) is 1.62. The Bertz CT molecular complexity index is 564. The lowest BCUT2D eigenvalue weighted by Crippen LogP contribution is -2.24. The molecule has 2 rings (SSSR count). The fraction of sp³-hybridized carbons (Fsp3) is 0.667. The lowest BCUT2D eigenvalue weighted by atomic mass is 9.88. The average molecular weight is 292 g/mol. The maximum Gasteiger partial charge on any atom is 0.130 e. The van der Waals surface area contributed by atoms with Crippen LogP contribution in [0.5, 0.6) is 0 Å². The van der Waals surface area contributed by atoms with Crippen molar-refractivity contribution in [1.82, 2.24) is 15.3 Å². The second kappa shape index (κ2) is 5.97. The first-order chi connectivity index (χ1) is 9.98. The molecule has 2 unspecified atom stereocenters. The van der Waals surface area contributed by atoms with Gasteiger partial charge in [-0.05, 0) is 25.7 Å². The van der Waals surface area contributed by atoms with Crippen molar-refractivity contribution in [2.75, 3.05) is 7.05 Å². The molecule has 2 N–H and O–H groups in total. The van der Waals surface area contributed by atoms with Crippen LogP contribution >= 0.6 is 0 Å². The van der Waals surface area contributed by atoms with Crippen LogP contribution in [0.4, 0.5) is 0 Å². The van der Waals surface area contributed by atoms with Gasteiger partial charge >= 0.3 is 0 Å². The van der Waals surface area contributed by atoms with Crippen LogP contribution in [0.1, 0.15) is 44.4 Å². The molecule has 2 atom stereocenters. The summed E-state index contributed by atoms with van der Waals surface area (Å²) in [6.45, 7) is 3.82. The van der Waals surface area contributed by atoms with Crippen molar-refractivity contribution in [3.63, 3.8) is 0 Å². The van der Waals surface area contributed by atoms with Crippen LogP contribution < -0.4 is 5.48 Å². The molecule has 0 radical (unpaired) electrons. The van der Waals surface area contributed by atoms with Gasteiger partial charge in [0, 0.05) is 43.6 Å². The van der Waals surface area contributed by atoms with Gasteiger partial charge in [-0.15, -0.1) is 0 Å². The summed E-state index contributed by atoms with van der Waals surface area (Å²) in [5.41, 5.74) is 4.43. The quantitative estimate of drug-likeness (QED) is 0.474. The molecule has 1 aliphatic rings. The summed E-state index contributed by atoms with van der Waals surface area (Å²) in [5.74, 6) is 1.16. The van der Waals surface area contributed by atoms with E-state index in [1.54, 1.807) is 14.0 Å². The standard InChI is InChI=1S/C15H24N4O2/c1-5-15(8-11(15)6-10(2)20)12-9-17-19(4)13(12)7-14(16-3)18-21/h9,11,21H,5-8H2,1-4H3,(H,16,18). The van der Waals surface area contributed by atoms with Crippen molar-refractivity contribution in [2.45, 2.75) is 44.9 Å². The van der Waals surface area contributed by atoms with E-state index in [1.807, 2.05) is 17.9 Å². The molecule has 116 valence electrons. The van der Waals surface area contributed by atoms with E-state index in [2.05, 4.69) is 22.5 Å². The summed E-state index contributed by atoms with van der Waals surface area (Å²) < 4.78 is 1.83. The topological polar surface area (TPSA) is 79.5 Å². The highest BCUT2D eigenvalue weighted by atomic mass is 16.5. The Balaban J connectivity index is 2.30. The minimum absolute atomic E-state index is 0.0591. The number of nitrogens with one attached hydrogen (secondary N) is 1. The number of rotatable bonds is 6. The first-order valence-corrected chi connectivity index (χ1v) is 7.35. The Kier molecular flexibility index (Phi) is 4.46. The van der Waals surface area contributed by atoms with E-state index in [0.717, 1.165) is 18.5 Å². The van der Waals surface area contributed by atoms with E-state index in [4.69, 9.17) is 5.21 Å². The maximum absolute atomic E-state index is 11.4. The predicted molar refractivity (Wildman–Crippen MR) is 80.6 cm³/mol. The molecular weight excluding hydrogens is 268 g/mol. The lowest BCUT2D eigenvalue weighted by molar-refractivity contribution is -0.117. The smallest absolute Gasteiger partial charge is 0.130 e. The molecule has 0 spiro atoms. The molecule has 0 aromatic carbocycles. The number of hydrogen-bond donors (Lipinski definition) is 2. The van der Waals surface area contributed by atoms with Gasteiger partial charge in [0.2, 0.25) is 0 Å². The monoisotopic (exact) mass is 292 g/mol. The number of aromatic nitrogens is 2. The second-order valence-corrected chi connectivity index (χ2v) is 5.90. The van der Waals surface area contributed by atoms with Gasteiger partial charge in [0.15, 0.2) is 0 Å². The van der Waals surface area contributed by atoms with Crippen LogP contribution in [-0.2, 0) is 23.7 Å². The summed E-state index contributed by atoms with van der Waals surface area (Å²) in [7, 11) is 3.54. The van der Waals surface area contributed by atoms with Gasteiger partial charge in [-0.25, -0.2) is 0 Å². The molecule has 0 saturated heterocycles. The molecule has 0 amide bonds. The molecule has 1 aromatic rings. The summed E-state index contributed by atoms with van der Waals surface area (Å²) >= 11 is 0. The zero-order chi connectivity index (χ0) is 15.6. The molecule has 6 heteroatoms. The molecule has 6 nitrogen and oxygen atoms in total. The number of aryl methyl sites for hydroxylation is 1. The molecule has 1 fully saturated rings. The van der Waals surface area contributed by atoms with Crippen molar-refractivity contribution in [3.05, 3.63) is 17.5 Å². The third-order valence-electron chi connectivity index (χ3n) is 4.73. The summed E-state index contributed by atoms with van der Waals surface area (Å²) in [6.07, 6.45) is 5.08. The molecule has 0 bridgehead atoms. The van der Waals surface area contributed by atoms with Crippen molar-refractivity contribution < 1.29 is 10.0 Å². The van der Waals surface area contributed by atoms with Gasteiger partial charge in [-0.1, -0.05) is 6.92 Å².